The van der Waals surface area contributed by atoms with Gasteiger partial charge in [-0.15, -0.1) is 0 Å². The summed E-state index contributed by atoms with van der Waals surface area (Å²) in [5, 5.41) is 23.9. The topological polar surface area (TPSA) is 61.7 Å². The van der Waals surface area contributed by atoms with E-state index in [9.17, 15) is 10.2 Å². The molecule has 0 amide bonds. The molecule has 2 unspecified atom stereocenters. The zero-order valence-corrected chi connectivity index (χ0v) is 15.9. The van der Waals surface area contributed by atoms with E-state index in [1.54, 1.807) is 6.07 Å². The van der Waals surface area contributed by atoms with Crippen LogP contribution in [-0.4, -0.2) is 29.9 Å². The molecule has 2 aromatic carbocycles. The third-order valence-corrected chi connectivity index (χ3v) is 6.46. The highest BCUT2D eigenvalue weighted by atomic mass is 16.5. The molecule has 1 fully saturated rings. The van der Waals surface area contributed by atoms with Crippen molar-refractivity contribution in [3.05, 3.63) is 59.2 Å². The number of aromatic hydroxyl groups is 2. The smallest absolute Gasteiger partial charge is 0.161 e. The molecule has 2 aromatic rings. The standard InChI is InChI=1S/C23H29NO3/c1-24-15-20-17-10-11-19(25)22(26)18(17)14-21(27-20)23(12-6-3-7-13-23)16-8-4-2-5-9-16/h2,4-5,8-11,20-21,24-26H,3,6-7,12-15H2,1H3. The summed E-state index contributed by atoms with van der Waals surface area (Å²) in [5.41, 5.74) is 3.12. The van der Waals surface area contributed by atoms with Crippen LogP contribution in [0.15, 0.2) is 42.5 Å². The lowest BCUT2D eigenvalue weighted by Gasteiger charge is -2.47. The molecule has 2 atom stereocenters. The van der Waals surface area contributed by atoms with Gasteiger partial charge >= 0.3 is 0 Å². The van der Waals surface area contributed by atoms with E-state index in [1.165, 1.54) is 24.8 Å². The van der Waals surface area contributed by atoms with E-state index in [2.05, 4.69) is 35.6 Å². The lowest BCUT2D eigenvalue weighted by molar-refractivity contribution is -0.0766. The number of rotatable bonds is 4. The van der Waals surface area contributed by atoms with Crippen molar-refractivity contribution in [3.8, 4) is 11.5 Å². The van der Waals surface area contributed by atoms with Crippen molar-refractivity contribution in [3.63, 3.8) is 0 Å². The summed E-state index contributed by atoms with van der Waals surface area (Å²) in [7, 11) is 1.92. The second-order valence-corrected chi connectivity index (χ2v) is 7.96. The minimum Gasteiger partial charge on any atom is -0.504 e. The summed E-state index contributed by atoms with van der Waals surface area (Å²) in [4.78, 5) is 0. The quantitative estimate of drug-likeness (QED) is 0.709. The Kier molecular flexibility index (Phi) is 5.11. The maximum Gasteiger partial charge on any atom is 0.161 e. The Morgan fingerprint density at radius 1 is 1.04 bits per heavy atom. The molecule has 4 nitrogen and oxygen atoms in total. The Labute approximate surface area is 161 Å². The van der Waals surface area contributed by atoms with Crippen LogP contribution in [0.1, 0.15) is 54.9 Å². The minimum absolute atomic E-state index is 0.0147. The van der Waals surface area contributed by atoms with Gasteiger partial charge in [0.1, 0.15) is 0 Å². The molecule has 3 N–H and O–H groups in total. The van der Waals surface area contributed by atoms with Crippen molar-refractivity contribution in [2.24, 2.45) is 0 Å². The van der Waals surface area contributed by atoms with Gasteiger partial charge in [0.2, 0.25) is 0 Å². The average Bonchev–Trinajstić information content (AvgIpc) is 2.72. The first-order chi connectivity index (χ1) is 13.2. The highest BCUT2D eigenvalue weighted by molar-refractivity contribution is 5.51. The lowest BCUT2D eigenvalue weighted by Crippen LogP contribution is -2.47. The van der Waals surface area contributed by atoms with Gasteiger partial charge in [-0.05, 0) is 37.1 Å². The molecule has 0 bridgehead atoms. The van der Waals surface area contributed by atoms with Crippen molar-refractivity contribution in [1.82, 2.24) is 5.32 Å². The summed E-state index contributed by atoms with van der Waals surface area (Å²) in [6, 6.07) is 14.2. The number of nitrogens with one attached hydrogen (secondary N) is 1. The van der Waals surface area contributed by atoms with Gasteiger partial charge in [-0.25, -0.2) is 0 Å². The van der Waals surface area contributed by atoms with Crippen LogP contribution in [0.4, 0.5) is 0 Å². The summed E-state index contributed by atoms with van der Waals surface area (Å²) in [5.74, 6) is -0.0315. The summed E-state index contributed by atoms with van der Waals surface area (Å²) >= 11 is 0. The fourth-order valence-electron chi connectivity index (χ4n) is 5.08. The van der Waals surface area contributed by atoms with Crippen molar-refractivity contribution < 1.29 is 14.9 Å². The Morgan fingerprint density at radius 2 is 1.78 bits per heavy atom. The second kappa shape index (κ2) is 7.53. The fraction of sp³-hybridized carbons (Fsp3) is 0.478. The maximum atomic E-state index is 10.6. The molecular weight excluding hydrogens is 338 g/mol. The van der Waals surface area contributed by atoms with Crippen molar-refractivity contribution in [2.45, 2.75) is 56.1 Å². The zero-order valence-electron chi connectivity index (χ0n) is 15.9. The van der Waals surface area contributed by atoms with Gasteiger partial charge < -0.3 is 20.3 Å². The number of benzene rings is 2. The Bertz CT molecular complexity index is 784. The van der Waals surface area contributed by atoms with Crippen molar-refractivity contribution in [1.29, 1.82) is 0 Å². The maximum absolute atomic E-state index is 10.6. The predicted molar refractivity (Wildman–Crippen MR) is 106 cm³/mol. The Hall–Kier alpha value is -2.04. The zero-order chi connectivity index (χ0) is 18.9. The minimum atomic E-state index is -0.127. The number of likely N-dealkylation sites (N-methyl/N-ethyl adjacent to an activating group) is 1. The monoisotopic (exact) mass is 367 g/mol. The van der Waals surface area contributed by atoms with Crippen LogP contribution in [0.2, 0.25) is 0 Å². The van der Waals surface area contributed by atoms with Gasteiger partial charge in [0.25, 0.3) is 0 Å². The molecule has 1 aliphatic heterocycles. The summed E-state index contributed by atoms with van der Waals surface area (Å²) in [6.07, 6.45) is 6.35. The molecule has 0 spiro atoms. The van der Waals surface area contributed by atoms with Crippen LogP contribution in [0.3, 0.4) is 0 Å². The molecule has 144 valence electrons. The number of fused-ring (bicyclic) bond motifs is 1. The Balaban J connectivity index is 1.78. The van der Waals surface area contributed by atoms with E-state index < -0.39 is 0 Å². The predicted octanol–water partition coefficient (Wildman–Crippen LogP) is 4.20. The van der Waals surface area contributed by atoms with Gasteiger partial charge in [-0.1, -0.05) is 55.7 Å². The highest BCUT2D eigenvalue weighted by Crippen LogP contribution is 2.49. The molecule has 4 heteroatoms. The van der Waals surface area contributed by atoms with E-state index in [1.807, 2.05) is 13.1 Å². The number of phenols is 2. The Morgan fingerprint density at radius 3 is 2.48 bits per heavy atom. The molecule has 0 saturated heterocycles. The van der Waals surface area contributed by atoms with Crippen LogP contribution in [0.25, 0.3) is 0 Å². The summed E-state index contributed by atoms with van der Waals surface area (Å²) in [6.45, 7) is 0.679. The molecular formula is C23H29NO3. The van der Waals surface area contributed by atoms with E-state index in [0.29, 0.717) is 13.0 Å². The average molecular weight is 367 g/mol. The van der Waals surface area contributed by atoms with Crippen LogP contribution in [-0.2, 0) is 16.6 Å². The van der Waals surface area contributed by atoms with Gasteiger partial charge in [0, 0.05) is 23.9 Å². The van der Waals surface area contributed by atoms with E-state index >= 15 is 0 Å². The van der Waals surface area contributed by atoms with Gasteiger partial charge in [-0.2, -0.15) is 0 Å². The van der Waals surface area contributed by atoms with Crippen LogP contribution in [0.5, 0.6) is 11.5 Å². The first kappa shape index (κ1) is 18.3. The second-order valence-electron chi connectivity index (χ2n) is 7.96. The molecule has 0 radical (unpaired) electrons. The van der Waals surface area contributed by atoms with E-state index in [-0.39, 0.29) is 29.1 Å². The molecule has 0 aromatic heterocycles. The third kappa shape index (κ3) is 3.21. The first-order valence-electron chi connectivity index (χ1n) is 10.0. The molecule has 1 heterocycles. The lowest BCUT2D eigenvalue weighted by atomic mass is 9.64. The van der Waals surface area contributed by atoms with E-state index in [4.69, 9.17) is 4.74 Å². The van der Waals surface area contributed by atoms with Crippen molar-refractivity contribution >= 4 is 0 Å². The number of hydrogen-bond acceptors (Lipinski definition) is 4. The molecule has 2 aliphatic rings. The largest absolute Gasteiger partial charge is 0.504 e. The van der Waals surface area contributed by atoms with E-state index in [0.717, 1.165) is 24.0 Å². The van der Waals surface area contributed by atoms with Crippen LogP contribution < -0.4 is 5.32 Å². The molecule has 1 saturated carbocycles. The SMILES string of the molecule is CNCC1OC(C2(c3ccccc3)CCCCC2)Cc2c1ccc(O)c2O. The number of hydrogen-bond donors (Lipinski definition) is 3. The molecule has 27 heavy (non-hydrogen) atoms. The highest BCUT2D eigenvalue weighted by Gasteiger charge is 2.46. The number of ether oxygens (including phenoxy) is 1. The first-order valence-corrected chi connectivity index (χ1v) is 10.0. The van der Waals surface area contributed by atoms with Crippen LogP contribution in [0, 0.1) is 0 Å². The summed E-state index contributed by atoms with van der Waals surface area (Å²) < 4.78 is 6.69. The molecule has 1 aliphatic carbocycles. The molecule has 4 rings (SSSR count). The fourth-order valence-corrected chi connectivity index (χ4v) is 5.08. The third-order valence-electron chi connectivity index (χ3n) is 6.46. The van der Waals surface area contributed by atoms with Crippen molar-refractivity contribution in [2.75, 3.05) is 13.6 Å². The van der Waals surface area contributed by atoms with Crippen LogP contribution >= 0.6 is 0 Å². The van der Waals surface area contributed by atoms with Gasteiger partial charge in [-0.3, -0.25) is 0 Å². The van der Waals surface area contributed by atoms with Gasteiger partial charge in [0.15, 0.2) is 11.5 Å². The normalized spacial score (nSPS) is 24.3. The van der Waals surface area contributed by atoms with Gasteiger partial charge in [0.05, 0.1) is 12.2 Å². The number of phenolic OH excluding ortho intramolecular Hbond substituents is 2.